The third-order valence-electron chi connectivity index (χ3n) is 3.50. The van der Waals surface area contributed by atoms with Gasteiger partial charge in [-0.25, -0.2) is 0 Å². The van der Waals surface area contributed by atoms with Crippen LogP contribution < -0.4 is 14.8 Å². The van der Waals surface area contributed by atoms with Crippen molar-refractivity contribution in [3.05, 3.63) is 48.0 Å². The zero-order valence-electron chi connectivity index (χ0n) is 17.7. The van der Waals surface area contributed by atoms with Gasteiger partial charge in [0.1, 0.15) is 23.5 Å². The first-order valence-corrected chi connectivity index (χ1v) is 11.2. The molecule has 0 heterocycles. The summed E-state index contributed by atoms with van der Waals surface area (Å²) in [4.78, 5) is 11.2. The molecule has 2 rings (SSSR count). The average Bonchev–Trinajstić information content (AvgIpc) is 2.60. The molecule has 0 aliphatic carbocycles. The van der Waals surface area contributed by atoms with Crippen LogP contribution in [0.4, 0.5) is 0 Å². The van der Waals surface area contributed by atoms with Crippen LogP contribution in [0.1, 0.15) is 51.9 Å². The highest BCUT2D eigenvalue weighted by Crippen LogP contribution is 2.49. The van der Waals surface area contributed by atoms with E-state index in [1.54, 1.807) is 42.5 Å². The van der Waals surface area contributed by atoms with Gasteiger partial charge in [0, 0.05) is 11.6 Å². The van der Waals surface area contributed by atoms with Crippen LogP contribution in [0.15, 0.2) is 42.5 Å². The van der Waals surface area contributed by atoms with Gasteiger partial charge in [0.2, 0.25) is 0 Å². The van der Waals surface area contributed by atoms with Gasteiger partial charge in [0.25, 0.3) is 0 Å². The molecule has 0 saturated carbocycles. The molecular weight excluding hydrogens is 391 g/mol. The number of hydrogen-bond donors (Lipinski definition) is 0. The molecule has 158 valence electrons. The molecule has 0 radical (unpaired) electrons. The van der Waals surface area contributed by atoms with E-state index < -0.39 is 7.60 Å². The van der Waals surface area contributed by atoms with Gasteiger partial charge in [-0.3, -0.25) is 9.36 Å². The van der Waals surface area contributed by atoms with Gasteiger partial charge in [-0.1, -0.05) is 0 Å². The van der Waals surface area contributed by atoms with E-state index in [9.17, 15) is 9.36 Å². The lowest BCUT2D eigenvalue weighted by atomic mass is 10.2. The molecule has 0 spiro atoms. The molecule has 2 aromatic carbocycles. The third kappa shape index (κ3) is 7.00. The minimum absolute atomic E-state index is 0.0277. The van der Waals surface area contributed by atoms with Gasteiger partial charge in [-0.15, -0.1) is 0 Å². The predicted octanol–water partition coefficient (Wildman–Crippen LogP) is 5.75. The van der Waals surface area contributed by atoms with E-state index in [-0.39, 0.29) is 18.3 Å². The van der Waals surface area contributed by atoms with Crippen molar-refractivity contribution >= 4 is 19.2 Å². The summed E-state index contributed by atoms with van der Waals surface area (Å²) in [5, 5.41) is 0.456. The number of benzene rings is 2. The Hall–Kier alpha value is -2.14. The largest absolute Gasteiger partial charge is 0.491 e. The summed E-state index contributed by atoms with van der Waals surface area (Å²) in [6, 6.07) is 11.7. The van der Waals surface area contributed by atoms with Crippen LogP contribution in [0.25, 0.3) is 0 Å². The molecule has 6 nitrogen and oxygen atoms in total. The summed E-state index contributed by atoms with van der Waals surface area (Å²) >= 11 is 0. The van der Waals surface area contributed by atoms with Gasteiger partial charge in [-0.05, 0) is 77.9 Å². The number of ether oxygens (including phenoxy) is 2. The van der Waals surface area contributed by atoms with Crippen molar-refractivity contribution in [1.82, 2.24) is 0 Å². The Balaban J connectivity index is 2.26. The first-order valence-electron chi connectivity index (χ1n) is 9.63. The number of hydrogen-bond acceptors (Lipinski definition) is 6. The average molecular weight is 420 g/mol. The highest BCUT2D eigenvalue weighted by Gasteiger charge is 2.30. The van der Waals surface area contributed by atoms with Crippen molar-refractivity contribution in [2.75, 3.05) is 0 Å². The van der Waals surface area contributed by atoms with E-state index in [0.29, 0.717) is 28.1 Å². The predicted molar refractivity (Wildman–Crippen MR) is 114 cm³/mol. The molecule has 0 unspecified atom stereocenters. The SMILES string of the molecule is CC(C)Oc1cc(C=O)cc(Oc2ccc(P(=O)(OC(C)C)OC(C)C)cc2)c1. The Labute approximate surface area is 172 Å². The number of rotatable bonds is 10. The summed E-state index contributed by atoms with van der Waals surface area (Å²) in [6.45, 7) is 11.1. The van der Waals surface area contributed by atoms with Crippen LogP contribution in [0, 0.1) is 0 Å². The van der Waals surface area contributed by atoms with Crippen LogP contribution >= 0.6 is 7.60 Å². The summed E-state index contributed by atoms with van der Waals surface area (Å²) in [5.74, 6) is 1.54. The topological polar surface area (TPSA) is 71.1 Å². The summed E-state index contributed by atoms with van der Waals surface area (Å²) < 4.78 is 35.9. The minimum atomic E-state index is -3.44. The lowest BCUT2D eigenvalue weighted by Crippen LogP contribution is -2.16. The van der Waals surface area contributed by atoms with Crippen molar-refractivity contribution in [3.63, 3.8) is 0 Å². The molecule has 0 atom stereocenters. The third-order valence-corrected chi connectivity index (χ3v) is 5.83. The van der Waals surface area contributed by atoms with E-state index in [2.05, 4.69) is 0 Å². The molecule has 0 fully saturated rings. The number of carbonyl (C=O) groups is 1. The summed E-state index contributed by atoms with van der Waals surface area (Å²) in [5.41, 5.74) is 0.454. The molecule has 0 bridgehead atoms. The fourth-order valence-corrected chi connectivity index (χ4v) is 4.51. The molecule has 0 aliphatic heterocycles. The highest BCUT2D eigenvalue weighted by molar-refractivity contribution is 7.62. The van der Waals surface area contributed by atoms with Gasteiger partial charge in [0.15, 0.2) is 0 Å². The van der Waals surface area contributed by atoms with E-state index >= 15 is 0 Å². The van der Waals surface area contributed by atoms with E-state index in [4.69, 9.17) is 18.5 Å². The monoisotopic (exact) mass is 420 g/mol. The lowest BCUT2D eigenvalue weighted by Gasteiger charge is -2.23. The van der Waals surface area contributed by atoms with Crippen LogP contribution in [0.2, 0.25) is 0 Å². The van der Waals surface area contributed by atoms with E-state index in [0.717, 1.165) is 6.29 Å². The summed E-state index contributed by atoms with van der Waals surface area (Å²) in [6.07, 6.45) is 0.216. The highest BCUT2D eigenvalue weighted by atomic mass is 31.2. The lowest BCUT2D eigenvalue weighted by molar-refractivity contribution is 0.112. The van der Waals surface area contributed by atoms with E-state index in [1.807, 2.05) is 41.5 Å². The Morgan fingerprint density at radius 2 is 1.31 bits per heavy atom. The Morgan fingerprint density at radius 3 is 1.79 bits per heavy atom. The zero-order valence-corrected chi connectivity index (χ0v) is 18.6. The van der Waals surface area contributed by atoms with Crippen molar-refractivity contribution in [2.45, 2.75) is 59.9 Å². The van der Waals surface area contributed by atoms with Gasteiger partial charge in [-0.2, -0.15) is 0 Å². The second kappa shape index (κ2) is 10.1. The second-order valence-electron chi connectivity index (χ2n) is 7.42. The molecule has 0 amide bonds. The van der Waals surface area contributed by atoms with Crippen molar-refractivity contribution < 1.29 is 27.9 Å². The molecule has 0 N–H and O–H groups in total. The molecular formula is C22H29O6P. The molecule has 0 saturated heterocycles. The number of aldehydes is 1. The van der Waals surface area contributed by atoms with Crippen LogP contribution in [0.5, 0.6) is 17.2 Å². The quantitative estimate of drug-likeness (QED) is 0.360. The second-order valence-corrected chi connectivity index (χ2v) is 9.36. The molecule has 2 aromatic rings. The first kappa shape index (κ1) is 23.1. The smallest absolute Gasteiger partial charge is 0.361 e. The summed E-state index contributed by atoms with van der Waals surface area (Å²) in [7, 11) is -3.44. The van der Waals surface area contributed by atoms with Crippen LogP contribution in [-0.4, -0.2) is 24.6 Å². The van der Waals surface area contributed by atoms with Crippen LogP contribution in [0.3, 0.4) is 0 Å². The fraction of sp³-hybridized carbons (Fsp3) is 0.409. The van der Waals surface area contributed by atoms with Crippen molar-refractivity contribution in [2.24, 2.45) is 0 Å². The van der Waals surface area contributed by atoms with Gasteiger partial charge >= 0.3 is 7.60 Å². The standard InChI is InChI=1S/C22H29O6P/c1-15(2)25-20-11-18(14-23)12-21(13-20)26-19-7-9-22(10-8-19)29(24,27-16(3)4)28-17(5)6/h7-17H,1-6H3. The van der Waals surface area contributed by atoms with E-state index in [1.165, 1.54) is 0 Å². The van der Waals surface area contributed by atoms with Gasteiger partial charge < -0.3 is 18.5 Å². The zero-order chi connectivity index (χ0) is 21.6. The Kier molecular flexibility index (Phi) is 8.03. The normalized spacial score (nSPS) is 11.9. The molecule has 0 aromatic heterocycles. The maximum atomic E-state index is 13.2. The molecule has 7 heteroatoms. The molecule has 0 aliphatic rings. The maximum absolute atomic E-state index is 13.2. The first-order chi connectivity index (χ1) is 13.6. The number of carbonyl (C=O) groups excluding carboxylic acids is 1. The van der Waals surface area contributed by atoms with Gasteiger partial charge in [0.05, 0.1) is 23.6 Å². The van der Waals surface area contributed by atoms with Crippen LogP contribution in [-0.2, 0) is 13.6 Å². The fourth-order valence-electron chi connectivity index (χ4n) is 2.60. The maximum Gasteiger partial charge on any atom is 0.361 e. The Bertz CT molecular complexity index is 844. The molecule has 29 heavy (non-hydrogen) atoms. The minimum Gasteiger partial charge on any atom is -0.491 e. The van der Waals surface area contributed by atoms with Crippen molar-refractivity contribution in [1.29, 1.82) is 0 Å². The Morgan fingerprint density at radius 1 is 0.759 bits per heavy atom. The van der Waals surface area contributed by atoms with Crippen molar-refractivity contribution in [3.8, 4) is 17.2 Å².